The smallest absolute Gasteiger partial charge is 0.176 e. The molecule has 0 radical (unpaired) electrons. The Morgan fingerprint density at radius 2 is 2.08 bits per heavy atom. The van der Waals surface area contributed by atoms with E-state index in [-0.39, 0.29) is 6.61 Å². The average Bonchev–Trinajstić information content (AvgIpc) is 3.33. The van der Waals surface area contributed by atoms with Gasteiger partial charge >= 0.3 is 0 Å². The Bertz CT molecular complexity index is 863. The molecule has 124 valence electrons. The highest BCUT2D eigenvalue weighted by atomic mass is 16.5. The number of aryl methyl sites for hydroxylation is 2. The van der Waals surface area contributed by atoms with Crippen LogP contribution in [0.3, 0.4) is 0 Å². The lowest BCUT2D eigenvalue weighted by atomic mass is 10.0. The number of nitrogens with zero attached hydrogens (tertiary/aromatic N) is 2. The molecule has 0 saturated heterocycles. The Hall–Kier alpha value is -2.53. The van der Waals surface area contributed by atoms with E-state index in [1.807, 2.05) is 16.8 Å². The molecule has 5 nitrogen and oxygen atoms in total. The molecule has 4 rings (SSSR count). The number of furan rings is 1. The standard InChI is InChI=1S/C19H20N2O3/c1-23-18-10-14-4-2-3-13(14)9-15(18)11-21-8-7-20-19(21)17-6-5-16(12-22)24-17/h5-10,22H,2-4,11-12H2,1H3. The third-order valence-electron chi connectivity index (χ3n) is 4.59. The van der Waals surface area contributed by atoms with Crippen LogP contribution in [0.2, 0.25) is 0 Å². The predicted molar refractivity (Wildman–Crippen MR) is 90.0 cm³/mol. The zero-order chi connectivity index (χ0) is 16.5. The number of fused-ring (bicyclic) bond motifs is 1. The summed E-state index contributed by atoms with van der Waals surface area (Å²) in [5.41, 5.74) is 3.97. The van der Waals surface area contributed by atoms with Crippen LogP contribution in [0.5, 0.6) is 5.75 Å². The molecule has 24 heavy (non-hydrogen) atoms. The van der Waals surface area contributed by atoms with Gasteiger partial charge in [0, 0.05) is 18.0 Å². The maximum Gasteiger partial charge on any atom is 0.176 e. The van der Waals surface area contributed by atoms with E-state index in [9.17, 15) is 5.11 Å². The van der Waals surface area contributed by atoms with Crippen molar-refractivity contribution in [2.75, 3.05) is 7.11 Å². The van der Waals surface area contributed by atoms with Crippen molar-refractivity contribution < 1.29 is 14.3 Å². The molecule has 0 spiro atoms. The van der Waals surface area contributed by atoms with E-state index in [0.717, 1.165) is 30.0 Å². The molecule has 0 aliphatic heterocycles. The van der Waals surface area contributed by atoms with Crippen molar-refractivity contribution in [3.63, 3.8) is 0 Å². The minimum atomic E-state index is -0.112. The molecule has 5 heteroatoms. The fraction of sp³-hybridized carbons (Fsp3) is 0.316. The van der Waals surface area contributed by atoms with Crippen molar-refractivity contribution in [2.45, 2.75) is 32.4 Å². The molecule has 0 unspecified atom stereocenters. The van der Waals surface area contributed by atoms with Crippen molar-refractivity contribution in [1.29, 1.82) is 0 Å². The molecule has 0 amide bonds. The van der Waals surface area contributed by atoms with Crippen LogP contribution < -0.4 is 4.74 Å². The molecule has 2 heterocycles. The second kappa shape index (κ2) is 6.17. The van der Waals surface area contributed by atoms with Crippen molar-refractivity contribution in [3.05, 3.63) is 59.1 Å². The minimum Gasteiger partial charge on any atom is -0.496 e. The van der Waals surface area contributed by atoms with Crippen LogP contribution in [0.15, 0.2) is 41.1 Å². The molecular weight excluding hydrogens is 304 g/mol. The van der Waals surface area contributed by atoms with Crippen LogP contribution in [0.25, 0.3) is 11.6 Å². The Morgan fingerprint density at radius 1 is 1.25 bits per heavy atom. The van der Waals surface area contributed by atoms with E-state index >= 15 is 0 Å². The average molecular weight is 324 g/mol. The first-order valence-electron chi connectivity index (χ1n) is 8.18. The van der Waals surface area contributed by atoms with Gasteiger partial charge in [-0.2, -0.15) is 0 Å². The number of aliphatic hydroxyl groups excluding tert-OH is 1. The molecule has 2 aromatic heterocycles. The number of aromatic nitrogens is 2. The van der Waals surface area contributed by atoms with Gasteiger partial charge in [-0.05, 0) is 48.6 Å². The van der Waals surface area contributed by atoms with Crippen LogP contribution in [-0.2, 0) is 26.0 Å². The summed E-state index contributed by atoms with van der Waals surface area (Å²) in [6.07, 6.45) is 7.19. The topological polar surface area (TPSA) is 60.4 Å². The molecule has 0 fully saturated rings. The molecule has 3 aromatic rings. The van der Waals surface area contributed by atoms with Gasteiger partial charge in [-0.15, -0.1) is 0 Å². The van der Waals surface area contributed by atoms with Gasteiger partial charge < -0.3 is 18.8 Å². The van der Waals surface area contributed by atoms with Gasteiger partial charge in [-0.25, -0.2) is 4.98 Å². The molecule has 0 bridgehead atoms. The number of hydrogen-bond donors (Lipinski definition) is 1. The highest BCUT2D eigenvalue weighted by molar-refractivity contribution is 5.50. The van der Waals surface area contributed by atoms with Crippen LogP contribution in [0, 0.1) is 0 Å². The van der Waals surface area contributed by atoms with Gasteiger partial charge in [0.1, 0.15) is 18.1 Å². The fourth-order valence-electron chi connectivity index (χ4n) is 3.39. The minimum absolute atomic E-state index is 0.112. The Kier molecular flexibility index (Phi) is 3.86. The summed E-state index contributed by atoms with van der Waals surface area (Å²) in [5, 5.41) is 9.17. The predicted octanol–water partition coefficient (Wildman–Crippen LogP) is 3.18. The summed E-state index contributed by atoms with van der Waals surface area (Å²) in [5.74, 6) is 2.86. The lowest BCUT2D eigenvalue weighted by Gasteiger charge is -2.13. The molecule has 1 aromatic carbocycles. The van der Waals surface area contributed by atoms with Gasteiger partial charge in [0.2, 0.25) is 0 Å². The van der Waals surface area contributed by atoms with Crippen molar-refractivity contribution in [3.8, 4) is 17.3 Å². The quantitative estimate of drug-likeness (QED) is 0.783. The van der Waals surface area contributed by atoms with Gasteiger partial charge in [0.25, 0.3) is 0 Å². The summed E-state index contributed by atoms with van der Waals surface area (Å²) >= 11 is 0. The molecule has 0 saturated carbocycles. The first-order chi connectivity index (χ1) is 11.8. The zero-order valence-corrected chi connectivity index (χ0v) is 13.7. The zero-order valence-electron chi connectivity index (χ0n) is 13.7. The number of aliphatic hydroxyl groups is 1. The van der Waals surface area contributed by atoms with Gasteiger partial charge in [0.15, 0.2) is 11.6 Å². The summed E-state index contributed by atoms with van der Waals surface area (Å²) in [7, 11) is 1.72. The van der Waals surface area contributed by atoms with E-state index < -0.39 is 0 Å². The summed E-state index contributed by atoms with van der Waals surface area (Å²) in [4.78, 5) is 4.40. The molecule has 0 atom stereocenters. The maximum atomic E-state index is 9.17. The number of ether oxygens (including phenoxy) is 1. The van der Waals surface area contributed by atoms with Crippen molar-refractivity contribution in [2.24, 2.45) is 0 Å². The first kappa shape index (κ1) is 15.0. The summed E-state index contributed by atoms with van der Waals surface area (Å²) in [6, 6.07) is 8.03. The second-order valence-electron chi connectivity index (χ2n) is 6.09. The van der Waals surface area contributed by atoms with Gasteiger partial charge in [0.05, 0.1) is 13.7 Å². The van der Waals surface area contributed by atoms with Crippen LogP contribution >= 0.6 is 0 Å². The maximum absolute atomic E-state index is 9.17. The second-order valence-corrected chi connectivity index (χ2v) is 6.09. The number of methoxy groups -OCH3 is 1. The lowest BCUT2D eigenvalue weighted by Crippen LogP contribution is -2.04. The Balaban J connectivity index is 1.68. The number of rotatable bonds is 5. The molecular formula is C19H20N2O3. The Morgan fingerprint density at radius 3 is 2.83 bits per heavy atom. The molecule has 1 aliphatic rings. The van der Waals surface area contributed by atoms with E-state index in [1.165, 1.54) is 17.5 Å². The third-order valence-corrected chi connectivity index (χ3v) is 4.59. The SMILES string of the molecule is COc1cc2c(cc1Cn1ccnc1-c1ccc(CO)o1)CCC2. The van der Waals surface area contributed by atoms with Gasteiger partial charge in [-0.3, -0.25) is 0 Å². The number of imidazole rings is 1. The van der Waals surface area contributed by atoms with Gasteiger partial charge in [-0.1, -0.05) is 6.07 Å². The van der Waals surface area contributed by atoms with E-state index in [0.29, 0.717) is 18.1 Å². The van der Waals surface area contributed by atoms with Crippen LogP contribution in [0.4, 0.5) is 0 Å². The van der Waals surface area contributed by atoms with E-state index in [4.69, 9.17) is 9.15 Å². The third kappa shape index (κ3) is 2.61. The summed E-state index contributed by atoms with van der Waals surface area (Å²) in [6.45, 7) is 0.556. The number of hydrogen-bond acceptors (Lipinski definition) is 4. The fourth-order valence-corrected chi connectivity index (χ4v) is 3.39. The largest absolute Gasteiger partial charge is 0.496 e. The van der Waals surface area contributed by atoms with Crippen LogP contribution in [-0.4, -0.2) is 21.8 Å². The van der Waals surface area contributed by atoms with E-state index in [1.54, 1.807) is 19.4 Å². The lowest BCUT2D eigenvalue weighted by molar-refractivity contribution is 0.248. The number of benzene rings is 1. The van der Waals surface area contributed by atoms with Crippen LogP contribution in [0.1, 0.15) is 28.9 Å². The molecule has 1 aliphatic carbocycles. The first-order valence-corrected chi connectivity index (χ1v) is 8.18. The highest BCUT2D eigenvalue weighted by Gasteiger charge is 2.17. The Labute approximate surface area is 140 Å². The van der Waals surface area contributed by atoms with Crippen molar-refractivity contribution >= 4 is 0 Å². The monoisotopic (exact) mass is 324 g/mol. The van der Waals surface area contributed by atoms with Crippen molar-refractivity contribution in [1.82, 2.24) is 9.55 Å². The van der Waals surface area contributed by atoms with E-state index in [2.05, 4.69) is 17.1 Å². The molecule has 1 N–H and O–H groups in total. The summed E-state index contributed by atoms with van der Waals surface area (Å²) < 4.78 is 13.3. The highest BCUT2D eigenvalue weighted by Crippen LogP contribution is 2.31. The normalized spacial score (nSPS) is 13.2.